The van der Waals surface area contributed by atoms with E-state index in [0.29, 0.717) is 17.9 Å². The number of nitrogens with two attached hydrogens (primary N) is 1. The molecule has 1 aliphatic heterocycles. The lowest BCUT2D eigenvalue weighted by atomic mass is 10.1. The van der Waals surface area contributed by atoms with E-state index in [0.717, 1.165) is 25.2 Å². The molecule has 3 rings (SSSR count). The number of methoxy groups -OCH3 is 1. The number of fused-ring (bicyclic) bond motifs is 1. The zero-order valence-electron chi connectivity index (χ0n) is 12.0. The molecule has 0 unspecified atom stereocenters. The van der Waals surface area contributed by atoms with Crippen molar-refractivity contribution in [3.05, 3.63) is 47.3 Å². The van der Waals surface area contributed by atoms with Crippen LogP contribution in [0.1, 0.15) is 21.6 Å². The van der Waals surface area contributed by atoms with Crippen LogP contribution in [0.2, 0.25) is 0 Å². The number of hydrogen-bond acceptors (Lipinski definition) is 4. The number of carbonyl (C=O) groups excluding carboxylic acids is 1. The smallest absolute Gasteiger partial charge is 0.354 e. The van der Waals surface area contributed by atoms with Gasteiger partial charge in [-0.3, -0.25) is 0 Å². The second-order valence-electron chi connectivity index (χ2n) is 5.13. The summed E-state index contributed by atoms with van der Waals surface area (Å²) in [5.41, 5.74) is 9.30. The number of benzene rings is 1. The van der Waals surface area contributed by atoms with Crippen molar-refractivity contribution in [3.8, 4) is 5.75 Å². The Bertz CT molecular complexity index is 676. The van der Waals surface area contributed by atoms with Crippen LogP contribution in [0.5, 0.6) is 5.75 Å². The Morgan fingerprint density at radius 2 is 2.29 bits per heavy atom. The quantitative estimate of drug-likeness (QED) is 0.873. The first-order chi connectivity index (χ1) is 10.2. The van der Waals surface area contributed by atoms with Gasteiger partial charge in [-0.1, -0.05) is 12.1 Å². The van der Waals surface area contributed by atoms with Crippen molar-refractivity contribution in [1.82, 2.24) is 4.57 Å². The van der Waals surface area contributed by atoms with Crippen molar-refractivity contribution >= 4 is 11.7 Å². The third-order valence-electron chi connectivity index (χ3n) is 3.71. The van der Waals surface area contributed by atoms with Gasteiger partial charge in [-0.05, 0) is 29.7 Å². The maximum Gasteiger partial charge on any atom is 0.354 e. The van der Waals surface area contributed by atoms with E-state index < -0.39 is 0 Å². The predicted molar refractivity (Wildman–Crippen MR) is 79.5 cm³/mol. The van der Waals surface area contributed by atoms with Crippen LogP contribution in [0.3, 0.4) is 0 Å². The molecule has 0 aliphatic carbocycles. The van der Waals surface area contributed by atoms with E-state index in [9.17, 15) is 4.79 Å². The number of nitrogen functional groups attached to an aromatic ring is 1. The molecule has 0 radical (unpaired) electrons. The summed E-state index contributed by atoms with van der Waals surface area (Å²) in [4.78, 5) is 11.7. The number of carbonyl (C=O) groups is 1. The summed E-state index contributed by atoms with van der Waals surface area (Å²) in [5, 5.41) is 0. The lowest BCUT2D eigenvalue weighted by Gasteiger charge is -2.08. The van der Waals surface area contributed by atoms with Gasteiger partial charge >= 0.3 is 5.97 Å². The minimum absolute atomic E-state index is 0.367. The summed E-state index contributed by atoms with van der Waals surface area (Å²) in [6.45, 7) is 1.45. The van der Waals surface area contributed by atoms with Crippen molar-refractivity contribution in [2.24, 2.45) is 0 Å². The summed E-state index contributed by atoms with van der Waals surface area (Å²) in [5.74, 6) is 0.619. The molecule has 1 aromatic heterocycles. The topological polar surface area (TPSA) is 66.5 Å². The summed E-state index contributed by atoms with van der Waals surface area (Å²) >= 11 is 0. The molecule has 110 valence electrons. The minimum atomic E-state index is -0.367. The van der Waals surface area contributed by atoms with Crippen molar-refractivity contribution in [3.63, 3.8) is 0 Å². The van der Waals surface area contributed by atoms with Crippen LogP contribution in [-0.4, -0.2) is 24.3 Å². The number of esters is 1. The molecule has 2 aromatic rings. The van der Waals surface area contributed by atoms with Crippen molar-refractivity contribution in [1.29, 1.82) is 0 Å². The van der Waals surface area contributed by atoms with Crippen molar-refractivity contribution < 1.29 is 14.3 Å². The first-order valence-corrected chi connectivity index (χ1v) is 6.96. The maximum absolute atomic E-state index is 11.7. The molecule has 1 aliphatic rings. The fourth-order valence-corrected chi connectivity index (χ4v) is 2.64. The third kappa shape index (κ3) is 2.72. The lowest BCUT2D eigenvalue weighted by Crippen LogP contribution is -2.11. The van der Waals surface area contributed by atoms with Gasteiger partial charge in [0, 0.05) is 19.2 Å². The number of hydrogen-bond donors (Lipinski definition) is 1. The van der Waals surface area contributed by atoms with Crippen LogP contribution in [0.15, 0.2) is 30.5 Å². The Kier molecular flexibility index (Phi) is 3.56. The predicted octanol–water partition coefficient (Wildman–Crippen LogP) is 2.03. The van der Waals surface area contributed by atoms with Crippen LogP contribution in [0.25, 0.3) is 0 Å². The molecule has 0 saturated heterocycles. The summed E-state index contributed by atoms with van der Waals surface area (Å²) in [7, 11) is 1.37. The van der Waals surface area contributed by atoms with E-state index >= 15 is 0 Å². The standard InChI is InChI=1S/C16H18N2O3/c1-20-16(19)14-9-13(17)10-18(14)6-4-11-2-3-15-12(8-11)5-7-21-15/h2-3,8-10H,4-7,17H2,1H3. The van der Waals surface area contributed by atoms with Gasteiger partial charge in [0.2, 0.25) is 0 Å². The van der Waals surface area contributed by atoms with Crippen LogP contribution in [0, 0.1) is 0 Å². The van der Waals surface area contributed by atoms with Gasteiger partial charge < -0.3 is 19.8 Å². The molecule has 5 heteroatoms. The molecule has 21 heavy (non-hydrogen) atoms. The number of aromatic nitrogens is 1. The Balaban J connectivity index is 1.74. The first kappa shape index (κ1) is 13.5. The first-order valence-electron chi connectivity index (χ1n) is 6.96. The monoisotopic (exact) mass is 286 g/mol. The number of aryl methyl sites for hydroxylation is 2. The zero-order valence-corrected chi connectivity index (χ0v) is 12.0. The highest BCUT2D eigenvalue weighted by molar-refractivity contribution is 5.88. The van der Waals surface area contributed by atoms with Crippen molar-refractivity contribution in [2.45, 2.75) is 19.4 Å². The molecule has 2 heterocycles. The normalized spacial score (nSPS) is 12.8. The average molecular weight is 286 g/mol. The Morgan fingerprint density at radius 1 is 1.43 bits per heavy atom. The highest BCUT2D eigenvalue weighted by Gasteiger charge is 2.14. The molecular formula is C16H18N2O3. The average Bonchev–Trinajstić information content (AvgIpc) is 3.09. The highest BCUT2D eigenvalue weighted by atomic mass is 16.5. The molecule has 0 fully saturated rings. The van der Waals surface area contributed by atoms with Gasteiger partial charge in [0.1, 0.15) is 11.4 Å². The molecule has 1 aromatic carbocycles. The second kappa shape index (κ2) is 5.52. The molecule has 0 spiro atoms. The Morgan fingerprint density at radius 3 is 3.10 bits per heavy atom. The molecule has 2 N–H and O–H groups in total. The zero-order chi connectivity index (χ0) is 14.8. The van der Waals surface area contributed by atoms with E-state index in [-0.39, 0.29) is 5.97 Å². The second-order valence-corrected chi connectivity index (χ2v) is 5.13. The van der Waals surface area contributed by atoms with Crippen molar-refractivity contribution in [2.75, 3.05) is 19.5 Å². The van der Waals surface area contributed by atoms with Crippen LogP contribution >= 0.6 is 0 Å². The molecule has 0 bridgehead atoms. The number of nitrogens with zero attached hydrogens (tertiary/aromatic N) is 1. The van der Waals surface area contributed by atoms with E-state index in [1.807, 2.05) is 10.6 Å². The van der Waals surface area contributed by atoms with Gasteiger partial charge in [-0.2, -0.15) is 0 Å². The summed E-state index contributed by atoms with van der Waals surface area (Å²) in [6, 6.07) is 7.90. The molecular weight excluding hydrogens is 268 g/mol. The molecule has 5 nitrogen and oxygen atoms in total. The largest absolute Gasteiger partial charge is 0.493 e. The van der Waals surface area contributed by atoms with Gasteiger partial charge in [-0.15, -0.1) is 0 Å². The van der Waals surface area contributed by atoms with Crippen LogP contribution in [-0.2, 0) is 24.1 Å². The number of rotatable bonds is 4. The Hall–Kier alpha value is -2.43. The minimum Gasteiger partial charge on any atom is -0.493 e. The summed E-state index contributed by atoms with van der Waals surface area (Å²) in [6.07, 6.45) is 3.56. The van der Waals surface area contributed by atoms with E-state index in [2.05, 4.69) is 12.1 Å². The van der Waals surface area contributed by atoms with Crippen LogP contribution < -0.4 is 10.5 Å². The maximum atomic E-state index is 11.7. The van der Waals surface area contributed by atoms with E-state index in [4.69, 9.17) is 15.2 Å². The number of ether oxygens (including phenoxy) is 2. The SMILES string of the molecule is COC(=O)c1cc(N)cn1CCc1ccc2c(c1)CCO2. The van der Waals surface area contributed by atoms with Gasteiger partial charge in [0.15, 0.2) is 0 Å². The molecule has 0 amide bonds. The van der Waals surface area contributed by atoms with E-state index in [1.54, 1.807) is 12.3 Å². The third-order valence-corrected chi connectivity index (χ3v) is 3.71. The fourth-order valence-electron chi connectivity index (χ4n) is 2.64. The van der Waals surface area contributed by atoms with Crippen LogP contribution in [0.4, 0.5) is 5.69 Å². The van der Waals surface area contributed by atoms with E-state index in [1.165, 1.54) is 18.2 Å². The fraction of sp³-hybridized carbons (Fsp3) is 0.312. The lowest BCUT2D eigenvalue weighted by molar-refractivity contribution is 0.0588. The van der Waals surface area contributed by atoms with Gasteiger partial charge in [0.05, 0.1) is 19.4 Å². The number of anilines is 1. The molecule has 0 atom stereocenters. The highest BCUT2D eigenvalue weighted by Crippen LogP contribution is 2.26. The summed E-state index contributed by atoms with van der Waals surface area (Å²) < 4.78 is 12.1. The Labute approximate surface area is 123 Å². The molecule has 0 saturated carbocycles. The van der Waals surface area contributed by atoms with Gasteiger partial charge in [0.25, 0.3) is 0 Å². The van der Waals surface area contributed by atoms with Gasteiger partial charge in [-0.25, -0.2) is 4.79 Å².